The molecule has 0 unspecified atom stereocenters. The Balaban J connectivity index is 0.000000909. The molecule has 10 nitrogen and oxygen atoms in total. The number of aliphatic imine (C=N–C) groups is 1. The van der Waals surface area contributed by atoms with Crippen LogP contribution in [0.1, 0.15) is 59.5 Å². The number of carbonyl (C=O) groups is 2. The van der Waals surface area contributed by atoms with Crippen LogP contribution < -0.4 is 5.32 Å². The van der Waals surface area contributed by atoms with Crippen LogP contribution in [0.2, 0.25) is 0 Å². The first kappa shape index (κ1) is 29.1. The van der Waals surface area contributed by atoms with Crippen molar-refractivity contribution >= 4 is 47.2 Å². The van der Waals surface area contributed by atoms with Gasteiger partial charge in [-0.15, -0.1) is 0 Å². The van der Waals surface area contributed by atoms with Gasteiger partial charge in [-0.1, -0.05) is 11.8 Å². The van der Waals surface area contributed by atoms with E-state index in [0.717, 1.165) is 48.9 Å². The maximum absolute atomic E-state index is 12.7. The summed E-state index contributed by atoms with van der Waals surface area (Å²) < 4.78 is 11.1. The highest BCUT2D eigenvalue weighted by atomic mass is 16.5. The number of carboxylic acids is 1. The minimum absolute atomic E-state index is 0.0658. The van der Waals surface area contributed by atoms with Gasteiger partial charge in [0.25, 0.3) is 5.97 Å². The fraction of sp³-hybridized carbons (Fsp3) is 0.290. The van der Waals surface area contributed by atoms with Crippen LogP contribution in [-0.2, 0) is 9.53 Å². The SMILES string of the molecule is CC(=O)O.CCOC(=O)c1c(Nc2ccc(C#CCN3CCCC3)cc2C)oc(C=C2C=Nc3ncccc32)c1O. The van der Waals surface area contributed by atoms with Crippen molar-refractivity contribution in [1.29, 1.82) is 0 Å². The van der Waals surface area contributed by atoms with Crippen LogP contribution in [0.5, 0.6) is 5.75 Å². The van der Waals surface area contributed by atoms with Gasteiger partial charge < -0.3 is 24.7 Å². The number of nitrogens with zero attached hydrogens (tertiary/aromatic N) is 3. The van der Waals surface area contributed by atoms with Crippen LogP contribution in [0.25, 0.3) is 11.6 Å². The third-order valence-electron chi connectivity index (χ3n) is 6.31. The predicted octanol–water partition coefficient (Wildman–Crippen LogP) is 5.40. The molecular formula is C31H32N4O6. The summed E-state index contributed by atoms with van der Waals surface area (Å²) in [6.45, 7) is 7.90. The number of aryl methyl sites for hydroxylation is 1. The number of aromatic nitrogens is 1. The van der Waals surface area contributed by atoms with Crippen LogP contribution in [0.15, 0.2) is 45.9 Å². The number of aromatic hydroxyl groups is 1. The smallest absolute Gasteiger partial charge is 0.347 e. The van der Waals surface area contributed by atoms with E-state index in [1.165, 1.54) is 12.8 Å². The van der Waals surface area contributed by atoms with Crippen LogP contribution in [-0.4, -0.2) is 64.5 Å². The normalized spacial score (nSPS) is 14.6. The average Bonchev–Trinajstić information content (AvgIpc) is 3.66. The monoisotopic (exact) mass is 556 g/mol. The molecule has 41 heavy (non-hydrogen) atoms. The molecule has 3 N–H and O–H groups in total. The lowest BCUT2D eigenvalue weighted by Crippen LogP contribution is -2.18. The van der Waals surface area contributed by atoms with Crippen LogP contribution in [0.3, 0.4) is 0 Å². The zero-order valence-electron chi connectivity index (χ0n) is 23.2. The first-order chi connectivity index (χ1) is 19.8. The molecule has 1 saturated heterocycles. The van der Waals surface area contributed by atoms with E-state index >= 15 is 0 Å². The number of carbonyl (C=O) groups excluding carboxylic acids is 1. The first-order valence-corrected chi connectivity index (χ1v) is 13.3. The number of allylic oxidation sites excluding steroid dienone is 1. The van der Waals surface area contributed by atoms with Gasteiger partial charge in [-0.25, -0.2) is 14.8 Å². The largest absolute Gasteiger partial charge is 0.504 e. The molecule has 2 aliphatic heterocycles. The number of hydrogen-bond acceptors (Lipinski definition) is 9. The molecule has 10 heteroatoms. The second kappa shape index (κ2) is 13.5. The van der Waals surface area contributed by atoms with Crippen molar-refractivity contribution in [2.75, 3.05) is 31.6 Å². The molecule has 5 rings (SSSR count). The number of pyridine rings is 1. The Hall–Kier alpha value is -4.88. The van der Waals surface area contributed by atoms with Crippen molar-refractivity contribution in [1.82, 2.24) is 9.88 Å². The van der Waals surface area contributed by atoms with Crippen molar-refractivity contribution in [3.63, 3.8) is 0 Å². The number of hydrogen-bond donors (Lipinski definition) is 3. The maximum Gasteiger partial charge on any atom is 0.347 e. The van der Waals surface area contributed by atoms with E-state index in [1.807, 2.05) is 37.3 Å². The van der Waals surface area contributed by atoms with Gasteiger partial charge >= 0.3 is 5.97 Å². The Kier molecular flexibility index (Phi) is 9.55. The molecule has 2 aliphatic rings. The number of esters is 1. The Bertz CT molecular complexity index is 1550. The van der Waals surface area contributed by atoms with Gasteiger partial charge in [0.15, 0.2) is 22.9 Å². The number of aliphatic carboxylic acids is 1. The van der Waals surface area contributed by atoms with E-state index < -0.39 is 11.9 Å². The highest BCUT2D eigenvalue weighted by Crippen LogP contribution is 2.39. The van der Waals surface area contributed by atoms with E-state index in [1.54, 1.807) is 25.4 Å². The van der Waals surface area contributed by atoms with Crippen LogP contribution in [0, 0.1) is 18.8 Å². The molecule has 0 saturated carbocycles. The van der Waals surface area contributed by atoms with E-state index in [2.05, 4.69) is 32.0 Å². The van der Waals surface area contributed by atoms with Gasteiger partial charge in [0.2, 0.25) is 5.88 Å². The third-order valence-corrected chi connectivity index (χ3v) is 6.31. The Morgan fingerprint density at radius 2 is 2.00 bits per heavy atom. The number of furan rings is 1. The second-order valence-electron chi connectivity index (χ2n) is 9.43. The number of fused-ring (bicyclic) bond motifs is 1. The fourth-order valence-corrected chi connectivity index (χ4v) is 4.40. The lowest BCUT2D eigenvalue weighted by Gasteiger charge is -2.10. The van der Waals surface area contributed by atoms with Crippen LogP contribution in [0.4, 0.5) is 17.4 Å². The number of carboxylic acid groups (broad SMARTS) is 1. The Morgan fingerprint density at radius 1 is 1.24 bits per heavy atom. The Labute approximate surface area is 238 Å². The number of likely N-dealkylation sites (tertiary alicyclic amines) is 1. The first-order valence-electron chi connectivity index (χ1n) is 13.3. The minimum atomic E-state index is -0.833. The summed E-state index contributed by atoms with van der Waals surface area (Å²) in [7, 11) is 0. The molecule has 1 fully saturated rings. The van der Waals surface area contributed by atoms with Gasteiger partial charge in [-0.05, 0) is 81.7 Å². The molecule has 0 bridgehead atoms. The van der Waals surface area contributed by atoms with Gasteiger partial charge in [-0.2, -0.15) is 0 Å². The van der Waals surface area contributed by atoms with Crippen molar-refractivity contribution in [2.24, 2.45) is 4.99 Å². The molecule has 3 aromatic rings. The topological polar surface area (TPSA) is 137 Å². The standard InChI is InChI=1S/C29H28N4O4.C2H4O2/c1-3-36-29(35)25-26(34)24(17-21-18-31-27-22(21)9-6-12-30-27)37-28(25)32-23-11-10-20(16-19(23)2)8-7-15-33-13-4-5-14-33;1-2(3)4/h6,9-12,16-18,32,34H,3-5,13-15H2,1-2H3;1H3,(H,3,4). The number of benzene rings is 1. The molecule has 0 aliphatic carbocycles. The average molecular weight is 557 g/mol. The lowest BCUT2D eigenvalue weighted by molar-refractivity contribution is -0.134. The second-order valence-corrected chi connectivity index (χ2v) is 9.43. The lowest BCUT2D eigenvalue weighted by atomic mass is 10.1. The van der Waals surface area contributed by atoms with E-state index in [0.29, 0.717) is 11.4 Å². The summed E-state index contributed by atoms with van der Waals surface area (Å²) in [5.74, 6) is 5.46. The molecule has 1 aromatic carbocycles. The summed E-state index contributed by atoms with van der Waals surface area (Å²) in [6, 6.07) is 9.47. The quantitative estimate of drug-likeness (QED) is 0.269. The number of anilines is 2. The zero-order valence-corrected chi connectivity index (χ0v) is 23.2. The highest BCUT2D eigenvalue weighted by Gasteiger charge is 2.27. The summed E-state index contributed by atoms with van der Waals surface area (Å²) in [5, 5.41) is 21.5. The summed E-state index contributed by atoms with van der Waals surface area (Å²) >= 11 is 0. The summed E-state index contributed by atoms with van der Waals surface area (Å²) in [4.78, 5) is 32.6. The number of nitrogens with one attached hydrogen (secondary N) is 1. The van der Waals surface area contributed by atoms with Gasteiger partial charge in [0.05, 0.1) is 13.2 Å². The molecule has 0 atom stereocenters. The summed E-state index contributed by atoms with van der Waals surface area (Å²) in [5.41, 5.74) is 4.00. The molecule has 212 valence electrons. The van der Waals surface area contributed by atoms with E-state index in [-0.39, 0.29) is 29.6 Å². The number of ether oxygens (including phenoxy) is 1. The van der Waals surface area contributed by atoms with Crippen molar-refractivity contribution < 1.29 is 29.0 Å². The molecule has 0 radical (unpaired) electrons. The van der Waals surface area contributed by atoms with Crippen molar-refractivity contribution in [3.8, 4) is 17.6 Å². The predicted molar refractivity (Wildman–Crippen MR) is 157 cm³/mol. The molecular weight excluding hydrogens is 524 g/mol. The van der Waals surface area contributed by atoms with Gasteiger partial charge in [0.1, 0.15) is 0 Å². The molecule has 2 aromatic heterocycles. The zero-order chi connectivity index (χ0) is 29.4. The van der Waals surface area contributed by atoms with Crippen molar-refractivity contribution in [3.05, 3.63) is 64.5 Å². The molecule has 0 spiro atoms. The molecule has 4 heterocycles. The summed E-state index contributed by atoms with van der Waals surface area (Å²) in [6.07, 6.45) is 7.43. The maximum atomic E-state index is 12.7. The van der Waals surface area contributed by atoms with E-state index in [9.17, 15) is 9.90 Å². The van der Waals surface area contributed by atoms with Crippen LogP contribution >= 0.6 is 0 Å². The fourth-order valence-electron chi connectivity index (χ4n) is 4.40. The molecule has 0 amide bonds. The highest BCUT2D eigenvalue weighted by molar-refractivity contribution is 6.21. The Morgan fingerprint density at radius 3 is 2.71 bits per heavy atom. The number of rotatable bonds is 6. The van der Waals surface area contributed by atoms with E-state index in [4.69, 9.17) is 19.1 Å². The van der Waals surface area contributed by atoms with Crippen molar-refractivity contribution in [2.45, 2.75) is 33.6 Å². The van der Waals surface area contributed by atoms with Gasteiger partial charge in [-0.3, -0.25) is 9.69 Å². The minimum Gasteiger partial charge on any atom is -0.504 e. The third kappa shape index (κ3) is 7.41. The van der Waals surface area contributed by atoms with Gasteiger partial charge in [0, 0.05) is 41.7 Å².